The summed E-state index contributed by atoms with van der Waals surface area (Å²) in [6.07, 6.45) is 1.80. The topological polar surface area (TPSA) is 45.8 Å². The van der Waals surface area contributed by atoms with Crippen LogP contribution in [0.3, 0.4) is 0 Å². The molecule has 2 aliphatic rings. The van der Waals surface area contributed by atoms with Crippen molar-refractivity contribution in [2.24, 2.45) is 16.8 Å². The lowest BCUT2D eigenvalue weighted by Gasteiger charge is -2.41. The van der Waals surface area contributed by atoms with Gasteiger partial charge in [0.2, 0.25) is 0 Å². The van der Waals surface area contributed by atoms with E-state index in [4.69, 9.17) is 46.4 Å². The van der Waals surface area contributed by atoms with E-state index in [0.29, 0.717) is 32.9 Å². The zero-order valence-corrected chi connectivity index (χ0v) is 21.0. The van der Waals surface area contributed by atoms with Gasteiger partial charge in [0.05, 0.1) is 6.57 Å². The van der Waals surface area contributed by atoms with Crippen LogP contribution >= 0.6 is 34.8 Å². The minimum absolute atomic E-state index is 0.143. The fourth-order valence-corrected chi connectivity index (χ4v) is 6.20. The van der Waals surface area contributed by atoms with Gasteiger partial charge in [-0.2, -0.15) is 0 Å². The molecular formula is C28H22Cl3N3O. The van der Waals surface area contributed by atoms with E-state index < -0.39 is 0 Å². The summed E-state index contributed by atoms with van der Waals surface area (Å²) in [7, 11) is 0. The Balaban J connectivity index is 1.43. The SMILES string of the molecule is [C-]#[N+]c1ccc(C(=O)NC2=NC[C@H]3[C@@H](c4ccc(Cl)cc4)[C@H](c4ccc(Cl)cc4Cl)CC[C@@H]23)cc1. The molecule has 1 heterocycles. The molecule has 0 aromatic heterocycles. The maximum absolute atomic E-state index is 12.9. The molecule has 35 heavy (non-hydrogen) atoms. The van der Waals surface area contributed by atoms with Crippen LogP contribution in [-0.2, 0) is 0 Å². The van der Waals surface area contributed by atoms with Crippen LogP contribution in [0, 0.1) is 18.4 Å². The van der Waals surface area contributed by atoms with Crippen LogP contribution in [0.1, 0.15) is 46.2 Å². The smallest absolute Gasteiger partial charge is 0.256 e. The van der Waals surface area contributed by atoms with E-state index in [-0.39, 0.29) is 29.6 Å². The number of rotatable bonds is 3. The van der Waals surface area contributed by atoms with Crippen LogP contribution in [-0.4, -0.2) is 18.3 Å². The number of carbonyl (C=O) groups excluding carboxylic acids is 1. The molecule has 0 radical (unpaired) electrons. The van der Waals surface area contributed by atoms with Gasteiger partial charge < -0.3 is 5.32 Å². The van der Waals surface area contributed by atoms with Crippen LogP contribution in [0.25, 0.3) is 4.85 Å². The Morgan fingerprint density at radius 3 is 2.29 bits per heavy atom. The third kappa shape index (κ3) is 4.82. The molecule has 1 N–H and O–H groups in total. The molecule has 1 fully saturated rings. The monoisotopic (exact) mass is 521 g/mol. The number of amidine groups is 1. The molecular weight excluding hydrogens is 501 g/mol. The number of nitrogens with one attached hydrogen (secondary N) is 1. The third-order valence-corrected chi connectivity index (χ3v) is 7.96. The van der Waals surface area contributed by atoms with Crippen LogP contribution in [0.15, 0.2) is 71.7 Å². The van der Waals surface area contributed by atoms with Gasteiger partial charge in [0.15, 0.2) is 5.69 Å². The van der Waals surface area contributed by atoms with Crippen molar-refractivity contribution in [1.82, 2.24) is 5.32 Å². The lowest BCUT2D eigenvalue weighted by molar-refractivity contribution is 0.0974. The van der Waals surface area contributed by atoms with Crippen molar-refractivity contribution in [2.75, 3.05) is 6.54 Å². The Hall–Kier alpha value is -2.84. The van der Waals surface area contributed by atoms with Crippen LogP contribution in [0.5, 0.6) is 0 Å². The highest BCUT2D eigenvalue weighted by atomic mass is 35.5. The largest absolute Gasteiger partial charge is 0.310 e. The number of hydrogen-bond acceptors (Lipinski definition) is 2. The second-order valence-corrected chi connectivity index (χ2v) is 10.3. The van der Waals surface area contributed by atoms with Gasteiger partial charge in [0, 0.05) is 33.1 Å². The molecule has 7 heteroatoms. The van der Waals surface area contributed by atoms with Crippen molar-refractivity contribution in [3.05, 3.63) is 110 Å². The summed E-state index contributed by atoms with van der Waals surface area (Å²) in [6, 6.07) is 20.4. The molecule has 176 valence electrons. The summed E-state index contributed by atoms with van der Waals surface area (Å²) < 4.78 is 0. The quantitative estimate of drug-likeness (QED) is 0.349. The first-order chi connectivity index (χ1) is 16.9. The molecule has 1 aliphatic heterocycles. The Bertz CT molecular complexity index is 1330. The van der Waals surface area contributed by atoms with Crippen LogP contribution < -0.4 is 5.32 Å². The molecule has 4 nitrogen and oxygen atoms in total. The number of carbonyl (C=O) groups is 1. The third-order valence-electron chi connectivity index (χ3n) is 7.14. The zero-order valence-electron chi connectivity index (χ0n) is 18.7. The minimum atomic E-state index is -0.202. The van der Waals surface area contributed by atoms with Crippen LogP contribution in [0.4, 0.5) is 5.69 Å². The van der Waals surface area contributed by atoms with Gasteiger partial charge in [-0.25, -0.2) is 4.85 Å². The normalized spacial score (nSPS) is 23.2. The number of benzene rings is 3. The molecule has 1 aliphatic carbocycles. The van der Waals surface area contributed by atoms with Gasteiger partial charge in [-0.1, -0.05) is 77.3 Å². The number of halogens is 3. The molecule has 4 atom stereocenters. The number of amides is 1. The molecule has 0 spiro atoms. The average Bonchev–Trinajstić information content (AvgIpc) is 3.27. The second kappa shape index (κ2) is 10.0. The summed E-state index contributed by atoms with van der Waals surface area (Å²) in [4.78, 5) is 21.1. The van der Waals surface area contributed by atoms with Gasteiger partial charge >= 0.3 is 0 Å². The maximum Gasteiger partial charge on any atom is 0.256 e. The lowest BCUT2D eigenvalue weighted by Crippen LogP contribution is -2.40. The first-order valence-electron chi connectivity index (χ1n) is 11.5. The van der Waals surface area contributed by atoms with Gasteiger partial charge in [-0.3, -0.25) is 9.79 Å². The highest BCUT2D eigenvalue weighted by Gasteiger charge is 2.46. The average molecular weight is 523 g/mol. The highest BCUT2D eigenvalue weighted by Crippen LogP contribution is 2.53. The molecule has 3 aromatic rings. The Morgan fingerprint density at radius 2 is 1.60 bits per heavy atom. The van der Waals surface area contributed by atoms with E-state index in [1.807, 2.05) is 24.3 Å². The number of aliphatic imine (C=N–C) groups is 1. The maximum atomic E-state index is 12.9. The van der Waals surface area contributed by atoms with Gasteiger partial charge in [-0.15, -0.1) is 0 Å². The lowest BCUT2D eigenvalue weighted by atomic mass is 9.63. The van der Waals surface area contributed by atoms with E-state index in [0.717, 1.165) is 24.2 Å². The number of hydrogen-bond donors (Lipinski definition) is 1. The zero-order chi connectivity index (χ0) is 24.5. The molecule has 1 saturated carbocycles. The summed E-state index contributed by atoms with van der Waals surface area (Å²) in [6.45, 7) is 7.72. The van der Waals surface area contributed by atoms with E-state index >= 15 is 0 Å². The van der Waals surface area contributed by atoms with Crippen molar-refractivity contribution in [3.8, 4) is 0 Å². The molecule has 1 amide bonds. The van der Waals surface area contributed by atoms with E-state index in [1.54, 1.807) is 30.3 Å². The Morgan fingerprint density at radius 1 is 0.914 bits per heavy atom. The van der Waals surface area contributed by atoms with Gasteiger partial charge in [0.25, 0.3) is 5.91 Å². The Labute approximate surface area is 219 Å². The molecule has 5 rings (SSSR count). The van der Waals surface area contributed by atoms with Crippen LogP contribution in [0.2, 0.25) is 15.1 Å². The minimum Gasteiger partial charge on any atom is -0.310 e. The predicted octanol–water partition coefficient (Wildman–Crippen LogP) is 7.93. The molecule has 3 aromatic carbocycles. The highest BCUT2D eigenvalue weighted by molar-refractivity contribution is 6.35. The van der Waals surface area contributed by atoms with Crippen molar-refractivity contribution >= 4 is 52.2 Å². The van der Waals surface area contributed by atoms with Gasteiger partial charge in [0.1, 0.15) is 5.84 Å². The van der Waals surface area contributed by atoms with Gasteiger partial charge in [-0.05, 0) is 66.0 Å². The predicted molar refractivity (Wildman–Crippen MR) is 142 cm³/mol. The molecule has 0 unspecified atom stereocenters. The fourth-order valence-electron chi connectivity index (χ4n) is 5.53. The fraction of sp³-hybridized carbons (Fsp3) is 0.250. The summed E-state index contributed by atoms with van der Waals surface area (Å²) in [5.41, 5.74) is 3.30. The van der Waals surface area contributed by atoms with Crippen molar-refractivity contribution in [2.45, 2.75) is 24.7 Å². The van der Waals surface area contributed by atoms with E-state index in [9.17, 15) is 4.79 Å². The first-order valence-corrected chi connectivity index (χ1v) is 12.6. The Kier molecular flexibility index (Phi) is 6.84. The van der Waals surface area contributed by atoms with E-state index in [1.165, 1.54) is 5.56 Å². The second-order valence-electron chi connectivity index (χ2n) is 9.04. The molecule has 0 saturated heterocycles. The summed E-state index contributed by atoms with van der Waals surface area (Å²) >= 11 is 19.0. The number of nitrogens with zero attached hydrogens (tertiary/aromatic N) is 2. The van der Waals surface area contributed by atoms with Crippen molar-refractivity contribution < 1.29 is 4.79 Å². The summed E-state index contributed by atoms with van der Waals surface area (Å²) in [5, 5.41) is 5.05. The first kappa shape index (κ1) is 23.9. The number of fused-ring (bicyclic) bond motifs is 1. The van der Waals surface area contributed by atoms with E-state index in [2.05, 4.69) is 22.3 Å². The van der Waals surface area contributed by atoms with Crippen molar-refractivity contribution in [1.29, 1.82) is 0 Å². The standard InChI is InChI=1S/C28H22Cl3N3O/c1-32-20-9-4-17(5-10-20)28(35)34-27-23-13-12-22(21-11-8-19(30)14-25(21)31)26(24(23)15-33-27)16-2-6-18(29)7-3-16/h2-11,14,22-24,26H,12-13,15H2,(H,33,34,35)/t22-,23+,24+,26-/m0/s1. The van der Waals surface area contributed by atoms with Crippen molar-refractivity contribution in [3.63, 3.8) is 0 Å². The summed E-state index contributed by atoms with van der Waals surface area (Å²) in [5.74, 6) is 1.28. The molecule has 0 bridgehead atoms.